The average molecular weight is 240 g/mol. The van der Waals surface area contributed by atoms with Crippen LogP contribution in [0.2, 0.25) is 5.02 Å². The minimum Gasteiger partial charge on any atom is -0.399 e. The lowest BCUT2D eigenvalue weighted by Crippen LogP contribution is -2.23. The maximum Gasteiger partial charge on any atom is 0.166 e. The van der Waals surface area contributed by atoms with Crippen LogP contribution in [0, 0.1) is 5.92 Å². The Balaban J connectivity index is 2.19. The van der Waals surface area contributed by atoms with Gasteiger partial charge in [0.2, 0.25) is 0 Å². The van der Waals surface area contributed by atoms with E-state index in [2.05, 4.69) is 0 Å². The van der Waals surface area contributed by atoms with Crippen LogP contribution < -0.4 is 5.73 Å². The molecule has 1 aromatic rings. The number of carbonyl (C=O) groups excluding carboxylic acids is 1. The lowest BCUT2D eigenvalue weighted by molar-refractivity contribution is 0.0545. The molecule has 0 atom stereocenters. The zero-order chi connectivity index (χ0) is 11.5. The average Bonchev–Trinajstić information content (AvgIpc) is 2.28. The van der Waals surface area contributed by atoms with Gasteiger partial charge >= 0.3 is 0 Å². The van der Waals surface area contributed by atoms with Gasteiger partial charge in [0.05, 0.1) is 0 Å². The normalized spacial score (nSPS) is 17.3. The molecule has 0 amide bonds. The van der Waals surface area contributed by atoms with E-state index in [1.165, 1.54) is 0 Å². The minimum atomic E-state index is 0.0478. The van der Waals surface area contributed by atoms with Crippen molar-refractivity contribution in [3.63, 3.8) is 0 Å². The summed E-state index contributed by atoms with van der Waals surface area (Å²) in [5, 5.41) is 0.510. The molecular formula is C12H14ClNO2. The van der Waals surface area contributed by atoms with Gasteiger partial charge in [-0.15, -0.1) is 0 Å². The number of Topliss-reactive ketones (excluding diaryl/α,β-unsaturated/α-hetero) is 1. The number of rotatable bonds is 2. The smallest absolute Gasteiger partial charge is 0.166 e. The predicted molar refractivity (Wildman–Crippen MR) is 63.7 cm³/mol. The number of hydrogen-bond donors (Lipinski definition) is 1. The van der Waals surface area contributed by atoms with Crippen LogP contribution in [0.3, 0.4) is 0 Å². The summed E-state index contributed by atoms with van der Waals surface area (Å²) in [4.78, 5) is 12.1. The molecule has 3 nitrogen and oxygen atoms in total. The van der Waals surface area contributed by atoms with E-state index in [4.69, 9.17) is 22.1 Å². The third-order valence-corrected chi connectivity index (χ3v) is 3.01. The molecule has 0 spiro atoms. The summed E-state index contributed by atoms with van der Waals surface area (Å²) in [7, 11) is 0. The van der Waals surface area contributed by atoms with Crippen LogP contribution in [-0.2, 0) is 4.74 Å². The number of halogens is 1. The van der Waals surface area contributed by atoms with E-state index < -0.39 is 0 Å². The Bertz CT molecular complexity index is 380. The van der Waals surface area contributed by atoms with Crippen molar-refractivity contribution in [3.05, 3.63) is 28.8 Å². The lowest BCUT2D eigenvalue weighted by atomic mass is 9.91. The molecule has 1 fully saturated rings. The predicted octanol–water partition coefficient (Wildman–Crippen LogP) is 2.53. The van der Waals surface area contributed by atoms with Gasteiger partial charge in [-0.1, -0.05) is 11.6 Å². The van der Waals surface area contributed by atoms with Gasteiger partial charge in [0, 0.05) is 35.4 Å². The van der Waals surface area contributed by atoms with E-state index in [1.807, 2.05) is 0 Å². The second kappa shape index (κ2) is 4.85. The maximum atomic E-state index is 12.1. The molecule has 1 aliphatic heterocycles. The highest BCUT2D eigenvalue weighted by Crippen LogP contribution is 2.23. The van der Waals surface area contributed by atoms with Crippen molar-refractivity contribution in [2.75, 3.05) is 18.9 Å². The van der Waals surface area contributed by atoms with Gasteiger partial charge in [0.1, 0.15) is 0 Å². The standard InChI is InChI=1S/C12H14ClNO2/c13-10-5-9(6-11(14)7-10)12(15)8-1-3-16-4-2-8/h5-8H,1-4,14H2. The van der Waals surface area contributed by atoms with Gasteiger partial charge in [-0.3, -0.25) is 4.79 Å². The zero-order valence-corrected chi connectivity index (χ0v) is 9.67. The molecule has 0 radical (unpaired) electrons. The van der Waals surface area contributed by atoms with Crippen molar-refractivity contribution < 1.29 is 9.53 Å². The van der Waals surface area contributed by atoms with Gasteiger partial charge in [-0.25, -0.2) is 0 Å². The molecule has 0 saturated carbocycles. The minimum absolute atomic E-state index is 0.0478. The number of hydrogen-bond acceptors (Lipinski definition) is 3. The van der Waals surface area contributed by atoms with Crippen LogP contribution >= 0.6 is 11.6 Å². The fraction of sp³-hybridized carbons (Fsp3) is 0.417. The van der Waals surface area contributed by atoms with Gasteiger partial charge in [0.15, 0.2) is 5.78 Å². The second-order valence-corrected chi connectivity index (χ2v) is 4.46. The molecular weight excluding hydrogens is 226 g/mol. The molecule has 1 aliphatic rings. The van der Waals surface area contributed by atoms with E-state index in [1.54, 1.807) is 18.2 Å². The highest BCUT2D eigenvalue weighted by molar-refractivity contribution is 6.31. The Hall–Kier alpha value is -1.06. The van der Waals surface area contributed by atoms with E-state index in [-0.39, 0.29) is 11.7 Å². The number of carbonyl (C=O) groups is 1. The summed E-state index contributed by atoms with van der Waals surface area (Å²) in [6, 6.07) is 5.00. The quantitative estimate of drug-likeness (QED) is 0.637. The number of ketones is 1. The summed E-state index contributed by atoms with van der Waals surface area (Å²) >= 11 is 5.88. The zero-order valence-electron chi connectivity index (χ0n) is 8.91. The molecule has 0 bridgehead atoms. The Labute approximate surface area is 99.5 Å². The van der Waals surface area contributed by atoms with E-state index in [0.29, 0.717) is 29.5 Å². The van der Waals surface area contributed by atoms with Crippen LogP contribution in [0.1, 0.15) is 23.2 Å². The number of benzene rings is 1. The van der Waals surface area contributed by atoms with Crippen molar-refractivity contribution in [2.45, 2.75) is 12.8 Å². The number of nitrogen functional groups attached to an aromatic ring is 1. The molecule has 16 heavy (non-hydrogen) atoms. The SMILES string of the molecule is Nc1cc(Cl)cc(C(=O)C2CCOCC2)c1. The molecule has 1 aromatic carbocycles. The maximum absolute atomic E-state index is 12.1. The summed E-state index contributed by atoms with van der Waals surface area (Å²) in [5.41, 5.74) is 6.80. The summed E-state index contributed by atoms with van der Waals surface area (Å²) in [6.45, 7) is 1.32. The first kappa shape index (κ1) is 11.4. The van der Waals surface area contributed by atoms with Crippen LogP contribution in [0.25, 0.3) is 0 Å². The second-order valence-electron chi connectivity index (χ2n) is 4.02. The Morgan fingerprint density at radius 2 is 2.00 bits per heavy atom. The largest absolute Gasteiger partial charge is 0.399 e. The third kappa shape index (κ3) is 2.54. The third-order valence-electron chi connectivity index (χ3n) is 2.80. The van der Waals surface area contributed by atoms with E-state index in [9.17, 15) is 4.79 Å². The molecule has 0 unspecified atom stereocenters. The van der Waals surface area contributed by atoms with E-state index >= 15 is 0 Å². The summed E-state index contributed by atoms with van der Waals surface area (Å²) < 4.78 is 5.23. The van der Waals surface area contributed by atoms with E-state index in [0.717, 1.165) is 12.8 Å². The molecule has 1 heterocycles. The van der Waals surface area contributed by atoms with Crippen molar-refractivity contribution in [3.8, 4) is 0 Å². The number of nitrogens with two attached hydrogens (primary N) is 1. The Morgan fingerprint density at radius 3 is 2.62 bits per heavy atom. The van der Waals surface area contributed by atoms with Crippen molar-refractivity contribution in [1.29, 1.82) is 0 Å². The van der Waals surface area contributed by atoms with Gasteiger partial charge in [-0.2, -0.15) is 0 Å². The first-order valence-electron chi connectivity index (χ1n) is 5.35. The first-order valence-corrected chi connectivity index (χ1v) is 5.72. The molecule has 0 aliphatic carbocycles. The van der Waals surface area contributed by atoms with Crippen LogP contribution in [0.4, 0.5) is 5.69 Å². The van der Waals surface area contributed by atoms with Crippen molar-refractivity contribution in [2.24, 2.45) is 5.92 Å². The first-order chi connectivity index (χ1) is 7.66. The molecule has 0 aromatic heterocycles. The van der Waals surface area contributed by atoms with Gasteiger partial charge in [-0.05, 0) is 31.0 Å². The molecule has 86 valence electrons. The molecule has 2 rings (SSSR count). The lowest BCUT2D eigenvalue weighted by Gasteiger charge is -2.20. The molecule has 4 heteroatoms. The fourth-order valence-electron chi connectivity index (χ4n) is 1.95. The number of ether oxygens (including phenoxy) is 1. The molecule has 1 saturated heterocycles. The Morgan fingerprint density at radius 1 is 1.31 bits per heavy atom. The van der Waals surface area contributed by atoms with Gasteiger partial charge in [0.25, 0.3) is 0 Å². The fourth-order valence-corrected chi connectivity index (χ4v) is 2.19. The molecule has 2 N–H and O–H groups in total. The highest BCUT2D eigenvalue weighted by Gasteiger charge is 2.23. The highest BCUT2D eigenvalue weighted by atomic mass is 35.5. The van der Waals surface area contributed by atoms with Crippen LogP contribution in [-0.4, -0.2) is 19.0 Å². The topological polar surface area (TPSA) is 52.3 Å². The Kier molecular flexibility index (Phi) is 3.46. The van der Waals surface area contributed by atoms with Crippen molar-refractivity contribution >= 4 is 23.1 Å². The van der Waals surface area contributed by atoms with Gasteiger partial charge < -0.3 is 10.5 Å². The van der Waals surface area contributed by atoms with Crippen LogP contribution in [0.5, 0.6) is 0 Å². The summed E-state index contributed by atoms with van der Waals surface area (Å²) in [5.74, 6) is 0.170. The van der Waals surface area contributed by atoms with Crippen molar-refractivity contribution in [1.82, 2.24) is 0 Å². The van der Waals surface area contributed by atoms with Crippen LogP contribution in [0.15, 0.2) is 18.2 Å². The monoisotopic (exact) mass is 239 g/mol. The number of anilines is 1. The summed E-state index contributed by atoms with van der Waals surface area (Å²) in [6.07, 6.45) is 1.57.